The smallest absolute Gasteiger partial charge is 0.305 e. The Hall–Kier alpha value is -2.18. The Morgan fingerprint density at radius 2 is 0.788 bits per heavy atom. The fraction of sp³-hybridized carbons (Fsp3) is 0.833. The molecule has 1 amide bonds. The molecule has 0 aliphatic rings. The first-order valence-corrected chi connectivity index (χ1v) is 28.9. The molecule has 0 aromatic heterocycles. The van der Waals surface area contributed by atoms with Crippen LogP contribution in [0.25, 0.3) is 0 Å². The molecule has 0 aliphatic heterocycles. The number of carbonyl (C=O) groups excluding carboxylic acids is 2. The zero-order valence-electron chi connectivity index (χ0n) is 43.9. The number of carbonyl (C=O) groups is 2. The topological polar surface area (TPSA) is 95.9 Å². The molecule has 2 unspecified atom stereocenters. The van der Waals surface area contributed by atoms with Gasteiger partial charge in [0, 0.05) is 12.8 Å². The minimum Gasteiger partial charge on any atom is -0.466 e. The molecule has 6 heteroatoms. The Balaban J connectivity index is 3.55. The van der Waals surface area contributed by atoms with E-state index in [0.717, 1.165) is 64.2 Å². The van der Waals surface area contributed by atoms with E-state index >= 15 is 0 Å². The Morgan fingerprint density at radius 3 is 1.23 bits per heavy atom. The number of amides is 1. The Morgan fingerprint density at radius 1 is 0.424 bits per heavy atom. The lowest BCUT2D eigenvalue weighted by molar-refractivity contribution is -0.143. The number of unbranched alkanes of at least 4 members (excludes halogenated alkanes) is 34. The van der Waals surface area contributed by atoms with E-state index in [1.165, 1.54) is 193 Å². The predicted molar refractivity (Wildman–Crippen MR) is 287 cm³/mol. The van der Waals surface area contributed by atoms with Crippen molar-refractivity contribution >= 4 is 11.9 Å². The van der Waals surface area contributed by atoms with Crippen LogP contribution in [0.2, 0.25) is 0 Å². The molecule has 0 heterocycles. The number of allylic oxidation sites excluding steroid dienone is 8. The Bertz CT molecular complexity index is 1110. The van der Waals surface area contributed by atoms with Crippen LogP contribution in [0.15, 0.2) is 48.6 Å². The summed E-state index contributed by atoms with van der Waals surface area (Å²) in [6.07, 6.45) is 69.7. The van der Waals surface area contributed by atoms with E-state index in [4.69, 9.17) is 4.74 Å². The van der Waals surface area contributed by atoms with Crippen LogP contribution in [0.3, 0.4) is 0 Å². The second kappa shape index (κ2) is 55.4. The predicted octanol–water partition coefficient (Wildman–Crippen LogP) is 17.8. The third-order valence-electron chi connectivity index (χ3n) is 13.1. The molecule has 2 atom stereocenters. The van der Waals surface area contributed by atoms with Gasteiger partial charge in [0.25, 0.3) is 0 Å². The lowest BCUT2D eigenvalue weighted by Crippen LogP contribution is -2.45. The highest BCUT2D eigenvalue weighted by Gasteiger charge is 2.19. The van der Waals surface area contributed by atoms with Gasteiger partial charge in [0.2, 0.25) is 5.91 Å². The highest BCUT2D eigenvalue weighted by atomic mass is 16.5. The van der Waals surface area contributed by atoms with Crippen molar-refractivity contribution in [3.05, 3.63) is 48.6 Å². The van der Waals surface area contributed by atoms with Gasteiger partial charge < -0.3 is 20.3 Å². The van der Waals surface area contributed by atoms with Gasteiger partial charge in [0.05, 0.1) is 25.4 Å². The second-order valence-corrected chi connectivity index (χ2v) is 19.6. The van der Waals surface area contributed by atoms with Crippen LogP contribution in [0.5, 0.6) is 0 Å². The SMILES string of the molecule is CCCC/C=C\C/C=C\CCCCCCCC(=O)OCCCCCCCC/C=C\C/C=C\CCC(=O)NC(CO)C(O)CCCCCCCCCCCCCCCCCCCCCCCC. The van der Waals surface area contributed by atoms with Crippen LogP contribution in [-0.4, -0.2) is 47.4 Å². The average molecular weight is 927 g/mol. The number of hydrogen-bond acceptors (Lipinski definition) is 5. The summed E-state index contributed by atoms with van der Waals surface area (Å²) in [5.41, 5.74) is 0. The van der Waals surface area contributed by atoms with Crippen molar-refractivity contribution in [3.8, 4) is 0 Å². The van der Waals surface area contributed by atoms with Gasteiger partial charge in [0.1, 0.15) is 0 Å². The lowest BCUT2D eigenvalue weighted by Gasteiger charge is -2.22. The summed E-state index contributed by atoms with van der Waals surface area (Å²) in [5.74, 6) is -0.146. The summed E-state index contributed by atoms with van der Waals surface area (Å²) in [6.45, 7) is 4.85. The molecule has 6 nitrogen and oxygen atoms in total. The minimum absolute atomic E-state index is 0.0316. The monoisotopic (exact) mass is 926 g/mol. The summed E-state index contributed by atoms with van der Waals surface area (Å²) in [4.78, 5) is 24.5. The first-order chi connectivity index (χ1) is 32.5. The van der Waals surface area contributed by atoms with Gasteiger partial charge in [-0.3, -0.25) is 9.59 Å². The van der Waals surface area contributed by atoms with Gasteiger partial charge in [-0.1, -0.05) is 262 Å². The highest BCUT2D eigenvalue weighted by molar-refractivity contribution is 5.76. The van der Waals surface area contributed by atoms with Crippen LogP contribution in [0.4, 0.5) is 0 Å². The number of hydrogen-bond donors (Lipinski definition) is 3. The number of esters is 1. The molecule has 386 valence electrons. The normalized spacial score (nSPS) is 13.0. The molecule has 0 spiro atoms. The number of aliphatic hydroxyl groups is 2. The summed E-state index contributed by atoms with van der Waals surface area (Å²) in [6, 6.07) is -0.588. The summed E-state index contributed by atoms with van der Waals surface area (Å²) >= 11 is 0. The van der Waals surface area contributed by atoms with Gasteiger partial charge in [-0.15, -0.1) is 0 Å². The first-order valence-electron chi connectivity index (χ1n) is 28.9. The standard InChI is InChI=1S/C60H111NO5/c1-3-5-7-9-11-13-15-17-19-20-21-22-23-24-25-26-28-32-36-40-44-48-52-58(63)57(56-62)61-59(64)53-49-45-41-37-33-29-27-31-35-39-43-47-51-55-66-60(65)54-50-46-42-38-34-30-18-16-14-12-10-8-6-4-2/h10,12,16,18,29,33,41,45,57-58,62-63H,3-9,11,13-15,17,19-28,30-32,34-40,42-44,46-56H2,1-2H3,(H,61,64)/b12-10-,18-16-,33-29-,45-41-. The third-order valence-corrected chi connectivity index (χ3v) is 13.1. The maximum Gasteiger partial charge on any atom is 0.305 e. The number of ether oxygens (including phenoxy) is 1. The average Bonchev–Trinajstić information content (AvgIpc) is 3.32. The van der Waals surface area contributed by atoms with Gasteiger partial charge in [0.15, 0.2) is 0 Å². The van der Waals surface area contributed by atoms with Crippen molar-refractivity contribution in [2.75, 3.05) is 13.2 Å². The molecule has 0 aromatic rings. The van der Waals surface area contributed by atoms with E-state index in [1.54, 1.807) is 0 Å². The molecule has 66 heavy (non-hydrogen) atoms. The molecular weight excluding hydrogens is 815 g/mol. The van der Waals surface area contributed by atoms with Crippen molar-refractivity contribution in [1.29, 1.82) is 0 Å². The third kappa shape index (κ3) is 51.2. The Kier molecular flexibility index (Phi) is 53.6. The van der Waals surface area contributed by atoms with Gasteiger partial charge >= 0.3 is 5.97 Å². The molecule has 0 rings (SSSR count). The number of nitrogens with one attached hydrogen (secondary N) is 1. The van der Waals surface area contributed by atoms with E-state index in [9.17, 15) is 19.8 Å². The Labute approximate surface area is 410 Å². The van der Waals surface area contributed by atoms with Gasteiger partial charge in [-0.2, -0.15) is 0 Å². The van der Waals surface area contributed by atoms with Crippen molar-refractivity contribution in [2.45, 2.75) is 309 Å². The van der Waals surface area contributed by atoms with Crippen molar-refractivity contribution in [1.82, 2.24) is 5.32 Å². The van der Waals surface area contributed by atoms with E-state index in [0.29, 0.717) is 32.3 Å². The molecule has 3 N–H and O–H groups in total. The summed E-state index contributed by atoms with van der Waals surface area (Å²) in [7, 11) is 0. The van der Waals surface area contributed by atoms with Crippen LogP contribution < -0.4 is 5.32 Å². The van der Waals surface area contributed by atoms with E-state index in [-0.39, 0.29) is 18.5 Å². The van der Waals surface area contributed by atoms with Crippen LogP contribution in [0.1, 0.15) is 296 Å². The first kappa shape index (κ1) is 63.8. The zero-order valence-corrected chi connectivity index (χ0v) is 43.9. The molecule has 0 aliphatic carbocycles. The second-order valence-electron chi connectivity index (χ2n) is 19.6. The largest absolute Gasteiger partial charge is 0.466 e. The molecule has 0 saturated heterocycles. The van der Waals surface area contributed by atoms with Gasteiger partial charge in [-0.05, 0) is 70.6 Å². The lowest BCUT2D eigenvalue weighted by atomic mass is 10.0. The maximum absolute atomic E-state index is 12.5. The van der Waals surface area contributed by atoms with Crippen molar-refractivity contribution < 1.29 is 24.5 Å². The minimum atomic E-state index is -0.702. The fourth-order valence-electron chi connectivity index (χ4n) is 8.65. The fourth-order valence-corrected chi connectivity index (χ4v) is 8.65. The van der Waals surface area contributed by atoms with E-state index in [1.807, 2.05) is 6.08 Å². The van der Waals surface area contributed by atoms with E-state index < -0.39 is 12.1 Å². The van der Waals surface area contributed by atoms with Crippen LogP contribution in [0, 0.1) is 0 Å². The van der Waals surface area contributed by atoms with Crippen molar-refractivity contribution in [2.24, 2.45) is 0 Å². The number of aliphatic hydroxyl groups excluding tert-OH is 2. The molecule has 0 fully saturated rings. The molecular formula is C60H111NO5. The maximum atomic E-state index is 12.5. The quantitative estimate of drug-likeness (QED) is 0.0321. The summed E-state index contributed by atoms with van der Waals surface area (Å²) < 4.78 is 5.45. The van der Waals surface area contributed by atoms with Crippen LogP contribution >= 0.6 is 0 Å². The zero-order chi connectivity index (χ0) is 47.9. The molecule has 0 radical (unpaired) electrons. The highest BCUT2D eigenvalue weighted by Crippen LogP contribution is 2.17. The molecule has 0 aromatic carbocycles. The van der Waals surface area contributed by atoms with Crippen LogP contribution in [-0.2, 0) is 14.3 Å². The molecule has 0 bridgehead atoms. The number of rotatable bonds is 53. The summed E-state index contributed by atoms with van der Waals surface area (Å²) in [5, 5.41) is 23.3. The molecule has 0 saturated carbocycles. The van der Waals surface area contributed by atoms with E-state index in [2.05, 4.69) is 61.7 Å². The van der Waals surface area contributed by atoms with Gasteiger partial charge in [-0.25, -0.2) is 0 Å². The van der Waals surface area contributed by atoms with Crippen molar-refractivity contribution in [3.63, 3.8) is 0 Å².